The third-order valence-corrected chi connectivity index (χ3v) is 5.27. The van der Waals surface area contributed by atoms with Crippen LogP contribution in [-0.4, -0.2) is 39.5 Å². The van der Waals surface area contributed by atoms with Crippen LogP contribution in [0.5, 0.6) is 0 Å². The number of nitrogens with zero attached hydrogens (tertiary/aromatic N) is 1. The van der Waals surface area contributed by atoms with Crippen molar-refractivity contribution in [1.82, 2.24) is 10.3 Å². The Balaban J connectivity index is 2.09. The van der Waals surface area contributed by atoms with Gasteiger partial charge in [-0.25, -0.2) is 4.79 Å². The van der Waals surface area contributed by atoms with Gasteiger partial charge >= 0.3 is 5.97 Å². The van der Waals surface area contributed by atoms with Crippen LogP contribution < -0.4 is 5.32 Å². The van der Waals surface area contributed by atoms with E-state index in [1.165, 1.54) is 18.7 Å². The number of nitrogens with one attached hydrogen (secondary N) is 1. The molecule has 2 rings (SSSR count). The van der Waals surface area contributed by atoms with Crippen molar-refractivity contribution in [2.45, 2.75) is 30.9 Å². The fourth-order valence-electron chi connectivity index (χ4n) is 2.24. The van der Waals surface area contributed by atoms with Crippen LogP contribution in [0.25, 0.3) is 0 Å². The molecule has 0 spiro atoms. The Labute approximate surface area is 122 Å². The summed E-state index contributed by atoms with van der Waals surface area (Å²) in [6.45, 7) is 2.32. The molecule has 2 N–H and O–H groups in total. The zero-order chi connectivity index (χ0) is 14.8. The van der Waals surface area contributed by atoms with Gasteiger partial charge in [0.15, 0.2) is 0 Å². The average molecular weight is 294 g/mol. The van der Waals surface area contributed by atoms with Crippen molar-refractivity contribution in [3.63, 3.8) is 0 Å². The topological polar surface area (TPSA) is 79.3 Å². The molecule has 0 saturated heterocycles. The third kappa shape index (κ3) is 2.95. The average Bonchev–Trinajstić information content (AvgIpc) is 2.38. The van der Waals surface area contributed by atoms with E-state index in [2.05, 4.69) is 16.6 Å². The van der Waals surface area contributed by atoms with Crippen LogP contribution in [0.2, 0.25) is 0 Å². The number of carbonyl (C=O) groups is 2. The van der Waals surface area contributed by atoms with E-state index >= 15 is 0 Å². The molecule has 0 bridgehead atoms. The van der Waals surface area contributed by atoms with Crippen molar-refractivity contribution in [3.8, 4) is 0 Å². The van der Waals surface area contributed by atoms with Crippen molar-refractivity contribution >= 4 is 23.6 Å². The second-order valence-corrected chi connectivity index (χ2v) is 6.36. The highest BCUT2D eigenvalue weighted by atomic mass is 32.2. The normalized spacial score (nSPS) is 16.3. The van der Waals surface area contributed by atoms with Gasteiger partial charge in [0.2, 0.25) is 0 Å². The largest absolute Gasteiger partial charge is 0.478 e. The minimum absolute atomic E-state index is 0.0315. The number of carbonyl (C=O) groups excluding carboxylic acids is 1. The highest BCUT2D eigenvalue weighted by Crippen LogP contribution is 2.42. The summed E-state index contributed by atoms with van der Waals surface area (Å²) in [5, 5.41) is 11.9. The zero-order valence-electron chi connectivity index (χ0n) is 11.6. The van der Waals surface area contributed by atoms with Gasteiger partial charge in [-0.1, -0.05) is 6.42 Å². The molecule has 1 aromatic rings. The number of aryl methyl sites for hydroxylation is 1. The molecule has 5 nitrogen and oxygen atoms in total. The van der Waals surface area contributed by atoms with E-state index in [0.717, 1.165) is 12.8 Å². The molecule has 1 fully saturated rings. The van der Waals surface area contributed by atoms with Gasteiger partial charge in [0, 0.05) is 17.5 Å². The Bertz CT molecular complexity index is 536. The molecule has 1 aromatic heterocycles. The smallest absolute Gasteiger partial charge is 0.337 e. The van der Waals surface area contributed by atoms with Crippen LogP contribution in [-0.2, 0) is 0 Å². The molecular weight excluding hydrogens is 276 g/mol. The lowest BCUT2D eigenvalue weighted by Crippen LogP contribution is -2.45. The van der Waals surface area contributed by atoms with E-state index in [4.69, 9.17) is 5.11 Å². The van der Waals surface area contributed by atoms with Crippen molar-refractivity contribution < 1.29 is 14.7 Å². The molecule has 0 unspecified atom stereocenters. The van der Waals surface area contributed by atoms with Crippen LogP contribution in [0, 0.1) is 6.92 Å². The maximum atomic E-state index is 12.2. The standard InChI is InChI=1S/C14H18N2O3S/c1-9-11(6-10(7-15-9)13(18)19)12(17)16-8-14(20-2)4-3-5-14/h6-7H,3-5,8H2,1-2H3,(H,16,17)(H,18,19). The quantitative estimate of drug-likeness (QED) is 0.869. The molecule has 108 valence electrons. The fraction of sp³-hybridized carbons (Fsp3) is 0.500. The summed E-state index contributed by atoms with van der Waals surface area (Å²) in [6, 6.07) is 1.38. The van der Waals surface area contributed by atoms with E-state index < -0.39 is 5.97 Å². The molecule has 1 amide bonds. The number of rotatable bonds is 5. The molecular formula is C14H18N2O3S. The number of aromatic carboxylic acids is 1. The summed E-state index contributed by atoms with van der Waals surface area (Å²) in [6.07, 6.45) is 6.75. The van der Waals surface area contributed by atoms with Gasteiger partial charge in [0.1, 0.15) is 0 Å². The molecule has 1 aliphatic rings. The molecule has 1 aliphatic carbocycles. The lowest BCUT2D eigenvalue weighted by molar-refractivity contribution is 0.0696. The van der Waals surface area contributed by atoms with Crippen molar-refractivity contribution in [2.24, 2.45) is 0 Å². The first-order valence-corrected chi connectivity index (χ1v) is 7.73. The first-order valence-electron chi connectivity index (χ1n) is 6.51. The zero-order valence-corrected chi connectivity index (χ0v) is 12.4. The van der Waals surface area contributed by atoms with E-state index in [9.17, 15) is 9.59 Å². The lowest BCUT2D eigenvalue weighted by atomic mass is 9.84. The second-order valence-electron chi connectivity index (χ2n) is 5.09. The Morgan fingerprint density at radius 2 is 2.20 bits per heavy atom. The van der Waals surface area contributed by atoms with Gasteiger partial charge in [-0.05, 0) is 32.1 Å². The molecule has 0 atom stereocenters. The Kier molecular flexibility index (Phi) is 4.32. The number of carboxylic acids is 1. The predicted octanol–water partition coefficient (Wildman–Crippen LogP) is 2.10. The molecule has 0 radical (unpaired) electrons. The van der Waals surface area contributed by atoms with Crippen molar-refractivity contribution in [1.29, 1.82) is 0 Å². The number of amides is 1. The van der Waals surface area contributed by atoms with Crippen LogP contribution in [0.1, 0.15) is 45.7 Å². The number of hydrogen-bond donors (Lipinski definition) is 2. The summed E-state index contributed by atoms with van der Waals surface area (Å²) >= 11 is 1.78. The maximum absolute atomic E-state index is 12.2. The minimum atomic E-state index is -1.08. The first kappa shape index (κ1) is 14.8. The minimum Gasteiger partial charge on any atom is -0.478 e. The van der Waals surface area contributed by atoms with Gasteiger partial charge in [0.05, 0.1) is 16.8 Å². The Hall–Kier alpha value is -1.56. The van der Waals surface area contributed by atoms with E-state index in [-0.39, 0.29) is 16.2 Å². The van der Waals surface area contributed by atoms with Gasteiger partial charge in [0.25, 0.3) is 5.91 Å². The number of pyridine rings is 1. The monoisotopic (exact) mass is 294 g/mol. The molecule has 1 saturated carbocycles. The third-order valence-electron chi connectivity index (χ3n) is 3.85. The summed E-state index contributed by atoms with van der Waals surface area (Å²) in [7, 11) is 0. The van der Waals surface area contributed by atoms with Gasteiger partial charge in [-0.15, -0.1) is 0 Å². The summed E-state index contributed by atoms with van der Waals surface area (Å²) < 4.78 is 0.154. The SMILES string of the molecule is CSC1(CNC(=O)c2cc(C(=O)O)cnc2C)CCC1. The van der Waals surface area contributed by atoms with E-state index in [1.54, 1.807) is 18.7 Å². The van der Waals surface area contributed by atoms with Crippen molar-refractivity contribution in [2.75, 3.05) is 12.8 Å². The van der Waals surface area contributed by atoms with Gasteiger partial charge in [-0.2, -0.15) is 11.8 Å². The van der Waals surface area contributed by atoms with Crippen LogP contribution in [0.15, 0.2) is 12.3 Å². The van der Waals surface area contributed by atoms with Crippen LogP contribution in [0.4, 0.5) is 0 Å². The van der Waals surface area contributed by atoms with Gasteiger partial charge in [-0.3, -0.25) is 9.78 Å². The number of thioether (sulfide) groups is 1. The van der Waals surface area contributed by atoms with E-state index in [0.29, 0.717) is 17.8 Å². The van der Waals surface area contributed by atoms with Crippen molar-refractivity contribution in [3.05, 3.63) is 29.1 Å². The number of aromatic nitrogens is 1. The maximum Gasteiger partial charge on any atom is 0.337 e. The first-order chi connectivity index (χ1) is 9.47. The highest BCUT2D eigenvalue weighted by molar-refractivity contribution is 8.00. The fourth-order valence-corrected chi connectivity index (χ4v) is 3.15. The summed E-state index contributed by atoms with van der Waals surface area (Å²) in [5.41, 5.74) is 0.906. The number of carboxylic acid groups (broad SMARTS) is 1. The summed E-state index contributed by atoms with van der Waals surface area (Å²) in [4.78, 5) is 27.1. The Morgan fingerprint density at radius 1 is 1.50 bits per heavy atom. The number of hydrogen-bond acceptors (Lipinski definition) is 4. The highest BCUT2D eigenvalue weighted by Gasteiger charge is 2.36. The van der Waals surface area contributed by atoms with Crippen LogP contribution >= 0.6 is 11.8 Å². The second kappa shape index (κ2) is 5.83. The molecule has 6 heteroatoms. The Morgan fingerprint density at radius 3 is 2.70 bits per heavy atom. The molecule has 1 heterocycles. The molecule has 0 aliphatic heterocycles. The molecule has 20 heavy (non-hydrogen) atoms. The van der Waals surface area contributed by atoms with Crippen LogP contribution in [0.3, 0.4) is 0 Å². The molecule has 0 aromatic carbocycles. The summed E-state index contributed by atoms with van der Waals surface area (Å²) in [5.74, 6) is -1.33. The van der Waals surface area contributed by atoms with E-state index in [1.807, 2.05) is 0 Å². The van der Waals surface area contributed by atoms with Gasteiger partial charge < -0.3 is 10.4 Å². The predicted molar refractivity (Wildman–Crippen MR) is 78.4 cm³/mol. The lowest BCUT2D eigenvalue weighted by Gasteiger charge is -2.40.